The third-order valence-electron chi connectivity index (χ3n) is 3.44. The molecule has 1 aromatic heterocycles. The molecule has 5 nitrogen and oxygen atoms in total. The predicted molar refractivity (Wildman–Crippen MR) is 73.1 cm³/mol. The molecule has 18 heavy (non-hydrogen) atoms. The van der Waals surface area contributed by atoms with E-state index in [-0.39, 0.29) is 17.0 Å². The number of anilines is 1. The zero-order valence-electron chi connectivity index (χ0n) is 11.3. The third kappa shape index (κ3) is 3.10. The Morgan fingerprint density at radius 3 is 2.67 bits per heavy atom. The summed E-state index contributed by atoms with van der Waals surface area (Å²) in [6.07, 6.45) is 2.08. The second-order valence-corrected chi connectivity index (χ2v) is 5.61. The molecule has 0 aromatic carbocycles. The lowest BCUT2D eigenvalue weighted by molar-refractivity contribution is 0.364. The first-order chi connectivity index (χ1) is 8.48. The lowest BCUT2D eigenvalue weighted by Gasteiger charge is -2.35. The summed E-state index contributed by atoms with van der Waals surface area (Å²) in [5.74, 6) is 1.65. The van der Waals surface area contributed by atoms with Gasteiger partial charge in [-0.2, -0.15) is 0 Å². The lowest BCUT2D eigenvalue weighted by Crippen LogP contribution is -2.45. The van der Waals surface area contributed by atoms with Gasteiger partial charge in [0.15, 0.2) is 0 Å². The fourth-order valence-corrected chi connectivity index (χ4v) is 2.23. The number of nitrogens with one attached hydrogen (secondary N) is 3. The molecule has 0 saturated carbocycles. The second kappa shape index (κ2) is 5.10. The van der Waals surface area contributed by atoms with Gasteiger partial charge in [-0.3, -0.25) is 4.79 Å². The molecule has 0 atom stereocenters. The summed E-state index contributed by atoms with van der Waals surface area (Å²) in [7, 11) is 0. The highest BCUT2D eigenvalue weighted by Crippen LogP contribution is 2.22. The van der Waals surface area contributed by atoms with Crippen LogP contribution < -0.4 is 16.2 Å². The molecule has 1 aliphatic rings. The van der Waals surface area contributed by atoms with Crippen LogP contribution in [0.4, 0.5) is 5.82 Å². The number of hydrogen-bond donors (Lipinski definition) is 3. The minimum Gasteiger partial charge on any atom is -0.365 e. The van der Waals surface area contributed by atoms with Crippen LogP contribution in [0.5, 0.6) is 0 Å². The minimum absolute atomic E-state index is 0.0281. The number of rotatable bonds is 3. The van der Waals surface area contributed by atoms with Crippen molar-refractivity contribution in [2.75, 3.05) is 18.4 Å². The van der Waals surface area contributed by atoms with Crippen LogP contribution in [0.25, 0.3) is 0 Å². The summed E-state index contributed by atoms with van der Waals surface area (Å²) in [6.45, 7) is 8.24. The van der Waals surface area contributed by atoms with Gasteiger partial charge in [-0.25, -0.2) is 4.98 Å². The molecular formula is C13H22N4O. The summed E-state index contributed by atoms with van der Waals surface area (Å²) >= 11 is 0. The van der Waals surface area contributed by atoms with Crippen molar-refractivity contribution < 1.29 is 0 Å². The highest BCUT2D eigenvalue weighted by molar-refractivity contribution is 5.37. The third-order valence-corrected chi connectivity index (χ3v) is 3.44. The van der Waals surface area contributed by atoms with E-state index in [1.54, 1.807) is 6.07 Å². The van der Waals surface area contributed by atoms with Crippen LogP contribution in [0.1, 0.15) is 45.4 Å². The molecule has 2 heterocycles. The van der Waals surface area contributed by atoms with Crippen molar-refractivity contribution in [2.24, 2.45) is 0 Å². The first-order valence-electron chi connectivity index (χ1n) is 6.59. The number of aromatic amines is 1. The molecular weight excluding hydrogens is 228 g/mol. The number of H-pyrrole nitrogens is 1. The molecule has 0 unspecified atom stereocenters. The summed E-state index contributed by atoms with van der Waals surface area (Å²) < 4.78 is 0. The van der Waals surface area contributed by atoms with Gasteiger partial charge in [-0.1, -0.05) is 13.8 Å². The zero-order valence-corrected chi connectivity index (χ0v) is 11.3. The first-order valence-corrected chi connectivity index (χ1v) is 6.59. The predicted octanol–water partition coefficient (Wildman–Crippen LogP) is 1.45. The maximum Gasteiger partial charge on any atom is 0.252 e. The first kappa shape index (κ1) is 13.1. The van der Waals surface area contributed by atoms with E-state index in [0.717, 1.165) is 31.8 Å². The Balaban J connectivity index is 2.20. The van der Waals surface area contributed by atoms with Gasteiger partial charge in [0.05, 0.1) is 0 Å². The van der Waals surface area contributed by atoms with E-state index < -0.39 is 0 Å². The molecule has 0 spiro atoms. The zero-order chi connectivity index (χ0) is 13.2. The van der Waals surface area contributed by atoms with Gasteiger partial charge in [0.25, 0.3) is 5.56 Å². The van der Waals surface area contributed by atoms with E-state index in [2.05, 4.69) is 27.5 Å². The molecule has 2 rings (SSSR count). The minimum atomic E-state index is -0.0891. The number of nitrogens with zero attached hydrogens (tertiary/aromatic N) is 1. The fourth-order valence-electron chi connectivity index (χ4n) is 2.23. The normalized spacial score (nSPS) is 18.9. The van der Waals surface area contributed by atoms with Gasteiger partial charge >= 0.3 is 0 Å². The summed E-state index contributed by atoms with van der Waals surface area (Å²) in [4.78, 5) is 18.9. The smallest absolute Gasteiger partial charge is 0.252 e. The van der Waals surface area contributed by atoms with Gasteiger partial charge in [0, 0.05) is 17.5 Å². The van der Waals surface area contributed by atoms with Crippen LogP contribution in [0.15, 0.2) is 10.9 Å². The molecule has 1 saturated heterocycles. The van der Waals surface area contributed by atoms with Crippen molar-refractivity contribution in [3.63, 3.8) is 0 Å². The lowest BCUT2D eigenvalue weighted by atomic mass is 9.91. The molecule has 0 aliphatic carbocycles. The van der Waals surface area contributed by atoms with Crippen LogP contribution in [0.2, 0.25) is 0 Å². The second-order valence-electron chi connectivity index (χ2n) is 5.61. The molecule has 1 fully saturated rings. The Labute approximate surface area is 107 Å². The summed E-state index contributed by atoms with van der Waals surface area (Å²) in [6, 6.07) is 1.54. The van der Waals surface area contributed by atoms with Crippen molar-refractivity contribution in [3.05, 3.63) is 22.2 Å². The Hall–Kier alpha value is -1.36. The largest absolute Gasteiger partial charge is 0.365 e. The highest BCUT2D eigenvalue weighted by atomic mass is 16.1. The number of piperidine rings is 1. The van der Waals surface area contributed by atoms with Gasteiger partial charge in [-0.05, 0) is 32.9 Å². The number of aromatic nitrogens is 2. The Kier molecular flexibility index (Phi) is 3.71. The molecule has 0 radical (unpaired) electrons. The van der Waals surface area contributed by atoms with Gasteiger partial charge < -0.3 is 15.6 Å². The van der Waals surface area contributed by atoms with Crippen LogP contribution >= 0.6 is 0 Å². The molecule has 3 N–H and O–H groups in total. The monoisotopic (exact) mass is 250 g/mol. The summed E-state index contributed by atoms with van der Waals surface area (Å²) in [5, 5.41) is 6.76. The quantitative estimate of drug-likeness (QED) is 0.759. The van der Waals surface area contributed by atoms with E-state index in [9.17, 15) is 4.79 Å². The standard InChI is InChI=1S/C13H22N4O/c1-9(2)12-15-10(8-11(18)16-12)17-13(3)4-6-14-7-5-13/h8-9,14H,4-7H2,1-3H3,(H2,15,16,17,18). The van der Waals surface area contributed by atoms with Gasteiger partial charge in [0.1, 0.15) is 11.6 Å². The average molecular weight is 250 g/mol. The van der Waals surface area contributed by atoms with E-state index in [0.29, 0.717) is 5.82 Å². The van der Waals surface area contributed by atoms with Crippen molar-refractivity contribution in [2.45, 2.75) is 45.1 Å². The van der Waals surface area contributed by atoms with E-state index in [1.807, 2.05) is 13.8 Å². The maximum atomic E-state index is 11.6. The molecule has 1 aromatic rings. The Morgan fingerprint density at radius 2 is 2.06 bits per heavy atom. The van der Waals surface area contributed by atoms with E-state index in [1.165, 1.54) is 0 Å². The van der Waals surface area contributed by atoms with Crippen molar-refractivity contribution >= 4 is 5.82 Å². The maximum absolute atomic E-state index is 11.6. The molecule has 5 heteroatoms. The van der Waals surface area contributed by atoms with Crippen LogP contribution in [0, 0.1) is 0 Å². The number of hydrogen-bond acceptors (Lipinski definition) is 4. The van der Waals surface area contributed by atoms with Crippen molar-refractivity contribution in [3.8, 4) is 0 Å². The highest BCUT2D eigenvalue weighted by Gasteiger charge is 2.26. The Morgan fingerprint density at radius 1 is 1.39 bits per heavy atom. The molecule has 0 bridgehead atoms. The Bertz CT molecular complexity index is 460. The fraction of sp³-hybridized carbons (Fsp3) is 0.692. The molecule has 0 amide bonds. The van der Waals surface area contributed by atoms with E-state index in [4.69, 9.17) is 0 Å². The topological polar surface area (TPSA) is 69.8 Å². The van der Waals surface area contributed by atoms with E-state index >= 15 is 0 Å². The van der Waals surface area contributed by atoms with Crippen molar-refractivity contribution in [1.82, 2.24) is 15.3 Å². The van der Waals surface area contributed by atoms with Crippen molar-refractivity contribution in [1.29, 1.82) is 0 Å². The average Bonchev–Trinajstić information content (AvgIpc) is 2.28. The molecule has 100 valence electrons. The van der Waals surface area contributed by atoms with Crippen LogP contribution in [-0.2, 0) is 0 Å². The SMILES string of the molecule is CC(C)c1nc(NC2(C)CCNCC2)cc(=O)[nH]1. The van der Waals surface area contributed by atoms with Crippen LogP contribution in [0.3, 0.4) is 0 Å². The molecule has 1 aliphatic heterocycles. The van der Waals surface area contributed by atoms with Crippen LogP contribution in [-0.4, -0.2) is 28.6 Å². The van der Waals surface area contributed by atoms with Gasteiger partial charge in [0.2, 0.25) is 0 Å². The summed E-state index contributed by atoms with van der Waals surface area (Å²) in [5.41, 5.74) is -0.0611. The van der Waals surface area contributed by atoms with Gasteiger partial charge in [-0.15, -0.1) is 0 Å².